The molecule has 0 spiro atoms. The molecule has 7 rings (SSSR count). The summed E-state index contributed by atoms with van der Waals surface area (Å²) in [6.45, 7) is 4.80. The Morgan fingerprint density at radius 3 is 1.35 bits per heavy atom. The Labute approximate surface area is 240 Å². The van der Waals surface area contributed by atoms with E-state index in [2.05, 4.69) is 135 Å². The van der Waals surface area contributed by atoms with Gasteiger partial charge in [0.05, 0.1) is 0 Å². The summed E-state index contributed by atoms with van der Waals surface area (Å²) in [6.07, 6.45) is 12.0. The predicted octanol–water partition coefficient (Wildman–Crippen LogP) is 10.9. The summed E-state index contributed by atoms with van der Waals surface area (Å²) in [5.41, 5.74) is 12.1. The summed E-state index contributed by atoms with van der Waals surface area (Å²) in [5.74, 6) is 1.64. The van der Waals surface area contributed by atoms with Crippen molar-refractivity contribution in [2.75, 3.05) is 0 Å². The van der Waals surface area contributed by atoms with E-state index >= 15 is 0 Å². The van der Waals surface area contributed by atoms with E-state index in [9.17, 15) is 0 Å². The fourth-order valence-corrected chi connectivity index (χ4v) is 8.35. The van der Waals surface area contributed by atoms with Crippen LogP contribution in [0.4, 0.5) is 0 Å². The summed E-state index contributed by atoms with van der Waals surface area (Å²) in [6, 6.07) is 40.9. The molecule has 0 aromatic heterocycles. The standard InChI is InChI=1S/C40H40/c1-28(30-16-6-3-7-17-30)36-26-38(34-22-12-10-20-32(34)36)40(24-14-5-15-25-40)39-27-37(33-21-11-13-23-35(33)39)29(2)31-18-8-4-9-19-31/h3-4,6-13,16-23,26-29,38-39H,5,14-15,24-25H2,1-2H3. The van der Waals surface area contributed by atoms with Gasteiger partial charge in [0.1, 0.15) is 0 Å². The maximum absolute atomic E-state index is 2.71. The maximum Gasteiger partial charge on any atom is 0.00956 e. The van der Waals surface area contributed by atoms with E-state index in [4.69, 9.17) is 0 Å². The first kappa shape index (κ1) is 25.3. The Balaban J connectivity index is 1.37. The Morgan fingerprint density at radius 2 is 0.900 bits per heavy atom. The molecular weight excluding hydrogens is 480 g/mol. The van der Waals surface area contributed by atoms with E-state index in [0.717, 1.165) is 0 Å². The van der Waals surface area contributed by atoms with Crippen molar-refractivity contribution in [1.82, 2.24) is 0 Å². The average molecular weight is 521 g/mol. The molecule has 1 saturated carbocycles. The van der Waals surface area contributed by atoms with E-state index in [1.165, 1.54) is 65.5 Å². The first-order valence-corrected chi connectivity index (χ1v) is 15.4. The third kappa shape index (κ3) is 4.12. The molecule has 1 fully saturated rings. The van der Waals surface area contributed by atoms with Crippen LogP contribution in [0.1, 0.15) is 103 Å². The zero-order valence-corrected chi connectivity index (χ0v) is 23.9. The van der Waals surface area contributed by atoms with Crippen LogP contribution in [0.15, 0.2) is 121 Å². The van der Waals surface area contributed by atoms with E-state index in [0.29, 0.717) is 23.7 Å². The summed E-state index contributed by atoms with van der Waals surface area (Å²) >= 11 is 0. The van der Waals surface area contributed by atoms with Crippen LogP contribution in [0.5, 0.6) is 0 Å². The molecule has 4 unspecified atom stereocenters. The van der Waals surface area contributed by atoms with Gasteiger partial charge in [-0.15, -0.1) is 0 Å². The van der Waals surface area contributed by atoms with Gasteiger partial charge in [0.15, 0.2) is 0 Å². The van der Waals surface area contributed by atoms with Crippen molar-refractivity contribution in [2.24, 2.45) is 5.41 Å². The molecule has 0 aliphatic heterocycles. The highest BCUT2D eigenvalue weighted by Gasteiger charge is 2.50. The number of fused-ring (bicyclic) bond motifs is 2. The first-order chi connectivity index (χ1) is 19.7. The van der Waals surface area contributed by atoms with Crippen LogP contribution in [0.3, 0.4) is 0 Å². The molecule has 0 N–H and O–H groups in total. The monoisotopic (exact) mass is 520 g/mol. The lowest BCUT2D eigenvalue weighted by atomic mass is 9.57. The van der Waals surface area contributed by atoms with Gasteiger partial charge in [-0.25, -0.2) is 0 Å². The van der Waals surface area contributed by atoms with Crippen molar-refractivity contribution < 1.29 is 0 Å². The predicted molar refractivity (Wildman–Crippen MR) is 170 cm³/mol. The minimum Gasteiger partial charge on any atom is -0.0720 e. The molecule has 4 aromatic carbocycles. The molecule has 0 saturated heterocycles. The van der Waals surface area contributed by atoms with Gasteiger partial charge in [-0.1, -0.05) is 154 Å². The number of hydrogen-bond acceptors (Lipinski definition) is 0. The first-order valence-electron chi connectivity index (χ1n) is 15.4. The van der Waals surface area contributed by atoms with E-state index < -0.39 is 0 Å². The van der Waals surface area contributed by atoms with E-state index in [1.807, 2.05) is 0 Å². The van der Waals surface area contributed by atoms with E-state index in [-0.39, 0.29) is 5.41 Å². The highest BCUT2D eigenvalue weighted by molar-refractivity contribution is 5.82. The van der Waals surface area contributed by atoms with Crippen molar-refractivity contribution in [3.05, 3.63) is 155 Å². The summed E-state index contributed by atoms with van der Waals surface area (Å²) in [4.78, 5) is 0. The van der Waals surface area contributed by atoms with Gasteiger partial charge in [0.2, 0.25) is 0 Å². The van der Waals surface area contributed by atoms with E-state index in [1.54, 1.807) is 11.1 Å². The van der Waals surface area contributed by atoms with Crippen molar-refractivity contribution in [2.45, 2.75) is 69.6 Å². The molecule has 0 bridgehead atoms. The van der Waals surface area contributed by atoms with Crippen molar-refractivity contribution in [3.63, 3.8) is 0 Å². The highest BCUT2D eigenvalue weighted by Crippen LogP contribution is 2.63. The van der Waals surface area contributed by atoms with Gasteiger partial charge in [-0.2, -0.15) is 0 Å². The Hall–Kier alpha value is -3.64. The molecule has 0 amide bonds. The van der Waals surface area contributed by atoms with Gasteiger partial charge in [-0.05, 0) is 62.8 Å². The zero-order chi connectivity index (χ0) is 27.1. The lowest BCUT2D eigenvalue weighted by Gasteiger charge is -2.46. The molecule has 3 aliphatic rings. The van der Waals surface area contributed by atoms with Crippen molar-refractivity contribution in [3.8, 4) is 0 Å². The fraction of sp³-hybridized carbons (Fsp3) is 0.300. The highest BCUT2D eigenvalue weighted by atomic mass is 14.5. The zero-order valence-electron chi connectivity index (χ0n) is 23.9. The van der Waals surface area contributed by atoms with Gasteiger partial charge >= 0.3 is 0 Å². The summed E-state index contributed by atoms with van der Waals surface area (Å²) in [5, 5.41) is 0. The number of rotatable bonds is 6. The van der Waals surface area contributed by atoms with Crippen LogP contribution in [0.2, 0.25) is 0 Å². The molecule has 0 radical (unpaired) electrons. The number of hydrogen-bond donors (Lipinski definition) is 0. The van der Waals surface area contributed by atoms with Gasteiger partial charge in [0.25, 0.3) is 0 Å². The maximum atomic E-state index is 2.71. The Bertz CT molecular complexity index is 1440. The molecular formula is C40H40. The van der Waals surface area contributed by atoms with Gasteiger partial charge < -0.3 is 0 Å². The molecule has 200 valence electrons. The number of allylic oxidation sites excluding steroid dienone is 4. The van der Waals surface area contributed by atoms with Crippen LogP contribution >= 0.6 is 0 Å². The SMILES string of the molecule is CC(C1=CC(C2(C3C=C(C(C)c4ccccc4)c4ccccc43)CCCCC2)c2ccccc21)c1ccccc1. The third-order valence-electron chi connectivity index (χ3n) is 10.5. The summed E-state index contributed by atoms with van der Waals surface area (Å²) < 4.78 is 0. The largest absolute Gasteiger partial charge is 0.0720 e. The molecule has 0 heterocycles. The van der Waals surface area contributed by atoms with Crippen LogP contribution < -0.4 is 0 Å². The topological polar surface area (TPSA) is 0 Å². The molecule has 3 aliphatic carbocycles. The Morgan fingerprint density at radius 1 is 0.500 bits per heavy atom. The van der Waals surface area contributed by atoms with Crippen LogP contribution in [-0.4, -0.2) is 0 Å². The molecule has 0 heteroatoms. The fourth-order valence-electron chi connectivity index (χ4n) is 8.35. The smallest absolute Gasteiger partial charge is 0.00956 e. The second-order valence-electron chi connectivity index (χ2n) is 12.4. The normalized spacial score (nSPS) is 22.6. The second kappa shape index (κ2) is 10.4. The molecule has 4 aromatic rings. The molecule has 4 atom stereocenters. The van der Waals surface area contributed by atoms with Gasteiger partial charge in [-0.3, -0.25) is 0 Å². The molecule has 40 heavy (non-hydrogen) atoms. The van der Waals surface area contributed by atoms with Crippen molar-refractivity contribution in [1.29, 1.82) is 0 Å². The minimum absolute atomic E-state index is 0.195. The average Bonchev–Trinajstić information content (AvgIpc) is 3.62. The minimum atomic E-state index is 0.195. The Kier molecular flexibility index (Phi) is 6.59. The third-order valence-corrected chi connectivity index (χ3v) is 10.5. The van der Waals surface area contributed by atoms with Gasteiger partial charge in [0, 0.05) is 23.7 Å². The van der Waals surface area contributed by atoms with Crippen molar-refractivity contribution >= 4 is 11.1 Å². The lowest BCUT2D eigenvalue weighted by Crippen LogP contribution is -2.35. The molecule has 0 nitrogen and oxygen atoms in total. The number of benzene rings is 4. The van der Waals surface area contributed by atoms with Crippen LogP contribution in [-0.2, 0) is 0 Å². The quantitative estimate of drug-likeness (QED) is 0.237. The lowest BCUT2D eigenvalue weighted by molar-refractivity contribution is 0.144. The summed E-state index contributed by atoms with van der Waals surface area (Å²) in [7, 11) is 0. The second-order valence-corrected chi connectivity index (χ2v) is 12.4. The van der Waals surface area contributed by atoms with Crippen LogP contribution in [0, 0.1) is 5.41 Å². The van der Waals surface area contributed by atoms with Crippen LogP contribution in [0.25, 0.3) is 11.1 Å².